The van der Waals surface area contributed by atoms with E-state index in [0.29, 0.717) is 29.3 Å². The Morgan fingerprint density at radius 1 is 0.857 bits per heavy atom. The predicted octanol–water partition coefficient (Wildman–Crippen LogP) is 2.52. The summed E-state index contributed by atoms with van der Waals surface area (Å²) in [5, 5.41) is 9.06. The summed E-state index contributed by atoms with van der Waals surface area (Å²) >= 11 is 0. The number of hydrazone groups is 1. The van der Waals surface area contributed by atoms with Gasteiger partial charge in [0.1, 0.15) is 11.5 Å². The van der Waals surface area contributed by atoms with E-state index < -0.39 is 11.8 Å². The second kappa shape index (κ2) is 13.1. The van der Waals surface area contributed by atoms with Gasteiger partial charge in [-0.2, -0.15) is 5.10 Å². The highest BCUT2D eigenvalue weighted by Gasteiger charge is 2.12. The molecule has 0 spiro atoms. The number of nitrogens with one attached hydrogen (secondary N) is 3. The number of carbonyl (C=O) groups excluding carboxylic acids is 3. The minimum atomic E-state index is -0.907. The molecule has 0 atom stereocenters. The van der Waals surface area contributed by atoms with Crippen molar-refractivity contribution in [2.24, 2.45) is 5.10 Å². The number of benzene rings is 3. The molecule has 0 aliphatic carbocycles. The lowest BCUT2D eigenvalue weighted by molar-refractivity contribution is -0.136. The summed E-state index contributed by atoms with van der Waals surface area (Å²) in [6, 6.07) is 23.2. The van der Waals surface area contributed by atoms with Crippen molar-refractivity contribution in [1.29, 1.82) is 0 Å². The first-order valence-corrected chi connectivity index (χ1v) is 10.9. The Morgan fingerprint density at radius 2 is 1.54 bits per heavy atom. The van der Waals surface area contributed by atoms with Crippen molar-refractivity contribution in [1.82, 2.24) is 10.7 Å². The van der Waals surface area contributed by atoms with Crippen molar-refractivity contribution in [3.8, 4) is 11.5 Å². The third-order valence-electron chi connectivity index (χ3n) is 4.76. The Morgan fingerprint density at radius 3 is 2.23 bits per heavy atom. The average molecular weight is 475 g/mol. The first-order valence-electron chi connectivity index (χ1n) is 10.9. The molecule has 35 heavy (non-hydrogen) atoms. The van der Waals surface area contributed by atoms with Crippen LogP contribution >= 0.6 is 0 Å². The Hall–Kier alpha value is -4.66. The van der Waals surface area contributed by atoms with Crippen molar-refractivity contribution in [2.75, 3.05) is 25.6 Å². The molecule has 3 aromatic rings. The smallest absolute Gasteiger partial charge is 0.329 e. The highest BCUT2D eigenvalue weighted by molar-refractivity contribution is 6.39. The van der Waals surface area contributed by atoms with Crippen molar-refractivity contribution in [3.63, 3.8) is 0 Å². The highest BCUT2D eigenvalue weighted by atomic mass is 16.5. The van der Waals surface area contributed by atoms with Crippen molar-refractivity contribution in [3.05, 3.63) is 90.0 Å². The fourth-order valence-electron chi connectivity index (χ4n) is 2.92. The van der Waals surface area contributed by atoms with E-state index in [0.717, 1.165) is 12.0 Å². The quantitative estimate of drug-likeness (QED) is 0.237. The zero-order valence-corrected chi connectivity index (χ0v) is 19.2. The zero-order chi connectivity index (χ0) is 24.9. The van der Waals surface area contributed by atoms with Crippen LogP contribution in [0.25, 0.3) is 0 Å². The Kier molecular flexibility index (Phi) is 9.38. The van der Waals surface area contributed by atoms with Crippen LogP contribution in [0.3, 0.4) is 0 Å². The van der Waals surface area contributed by atoms with E-state index in [-0.39, 0.29) is 12.5 Å². The molecule has 0 bridgehead atoms. The number of methoxy groups -OCH3 is 1. The number of anilines is 1. The Bertz CT molecular complexity index is 1150. The van der Waals surface area contributed by atoms with Crippen LogP contribution in [-0.4, -0.2) is 44.2 Å². The van der Waals surface area contributed by atoms with Crippen LogP contribution in [0.4, 0.5) is 5.69 Å². The maximum Gasteiger partial charge on any atom is 0.329 e. The number of carbonyl (C=O) groups is 3. The number of nitrogens with zero attached hydrogens (tertiary/aromatic N) is 1. The second-order valence-corrected chi connectivity index (χ2v) is 7.33. The van der Waals surface area contributed by atoms with E-state index in [1.54, 1.807) is 48.5 Å². The van der Waals surface area contributed by atoms with Gasteiger partial charge < -0.3 is 20.1 Å². The third-order valence-corrected chi connectivity index (χ3v) is 4.76. The predicted molar refractivity (Wildman–Crippen MR) is 132 cm³/mol. The van der Waals surface area contributed by atoms with E-state index in [4.69, 9.17) is 9.47 Å². The molecule has 0 saturated carbocycles. The molecule has 3 aromatic carbocycles. The molecule has 0 aliphatic heterocycles. The zero-order valence-electron chi connectivity index (χ0n) is 19.2. The van der Waals surface area contributed by atoms with Gasteiger partial charge in [-0.25, -0.2) is 5.43 Å². The van der Waals surface area contributed by atoms with Gasteiger partial charge in [0.15, 0.2) is 6.61 Å². The summed E-state index contributed by atoms with van der Waals surface area (Å²) in [4.78, 5) is 35.8. The van der Waals surface area contributed by atoms with Gasteiger partial charge in [-0.1, -0.05) is 30.3 Å². The molecule has 9 nitrogen and oxygen atoms in total. The van der Waals surface area contributed by atoms with E-state index in [9.17, 15) is 14.4 Å². The molecular formula is C26H26N4O5. The standard InChI is InChI=1S/C26H26N4O5/c1-34-22-13-9-21(10-14-22)29-25(32)26(33)30-28-17-20-7-11-23(12-8-20)35-18-24(31)27-16-15-19-5-3-2-4-6-19/h2-14,17H,15-16,18H2,1H3,(H,27,31)(H,29,32)(H,30,33)/b28-17-. The molecule has 0 aromatic heterocycles. The van der Waals surface area contributed by atoms with Gasteiger partial charge in [0, 0.05) is 12.2 Å². The summed E-state index contributed by atoms with van der Waals surface area (Å²) in [6.07, 6.45) is 2.14. The Labute approximate surface area is 203 Å². The average Bonchev–Trinajstić information content (AvgIpc) is 2.89. The minimum absolute atomic E-state index is 0.0956. The molecule has 0 saturated heterocycles. The monoisotopic (exact) mass is 474 g/mol. The van der Waals surface area contributed by atoms with Crippen LogP contribution in [-0.2, 0) is 20.8 Å². The fourth-order valence-corrected chi connectivity index (χ4v) is 2.92. The van der Waals surface area contributed by atoms with E-state index in [2.05, 4.69) is 21.2 Å². The first kappa shape index (κ1) is 25.0. The molecule has 3 N–H and O–H groups in total. The lowest BCUT2D eigenvalue weighted by Crippen LogP contribution is -2.32. The van der Waals surface area contributed by atoms with Crippen LogP contribution in [0.5, 0.6) is 11.5 Å². The van der Waals surface area contributed by atoms with Crippen LogP contribution in [0.1, 0.15) is 11.1 Å². The van der Waals surface area contributed by atoms with Gasteiger partial charge >= 0.3 is 11.8 Å². The number of rotatable bonds is 10. The maximum absolute atomic E-state index is 11.9. The Balaban J connectivity index is 1.36. The first-order chi connectivity index (χ1) is 17.0. The molecule has 3 rings (SSSR count). The van der Waals surface area contributed by atoms with Gasteiger partial charge in [0.05, 0.1) is 13.3 Å². The summed E-state index contributed by atoms with van der Waals surface area (Å²) in [6.45, 7) is 0.438. The molecule has 0 fully saturated rings. The second-order valence-electron chi connectivity index (χ2n) is 7.33. The third kappa shape index (κ3) is 8.65. The SMILES string of the molecule is COc1ccc(NC(=O)C(=O)N/N=C\c2ccc(OCC(=O)NCCc3ccccc3)cc2)cc1. The fraction of sp³-hybridized carbons (Fsp3) is 0.154. The molecular weight excluding hydrogens is 448 g/mol. The lowest BCUT2D eigenvalue weighted by Gasteiger charge is -2.08. The molecule has 0 radical (unpaired) electrons. The largest absolute Gasteiger partial charge is 0.497 e. The van der Waals surface area contributed by atoms with Crippen LogP contribution in [0, 0.1) is 0 Å². The molecule has 0 heterocycles. The maximum atomic E-state index is 11.9. The molecule has 0 unspecified atom stereocenters. The van der Waals surface area contributed by atoms with Crippen molar-refractivity contribution >= 4 is 29.6 Å². The summed E-state index contributed by atoms with van der Waals surface area (Å²) in [5.74, 6) is -0.811. The number of amides is 3. The van der Waals surface area contributed by atoms with Gasteiger partial charge in [0.25, 0.3) is 5.91 Å². The van der Waals surface area contributed by atoms with Gasteiger partial charge in [-0.05, 0) is 66.1 Å². The summed E-state index contributed by atoms with van der Waals surface area (Å²) in [5.41, 5.74) is 4.44. The van der Waals surface area contributed by atoms with Crippen LogP contribution in [0.2, 0.25) is 0 Å². The van der Waals surface area contributed by atoms with Crippen molar-refractivity contribution < 1.29 is 23.9 Å². The lowest BCUT2D eigenvalue weighted by atomic mass is 10.1. The molecule has 180 valence electrons. The van der Waals surface area contributed by atoms with Crippen molar-refractivity contribution in [2.45, 2.75) is 6.42 Å². The molecule has 9 heteroatoms. The minimum Gasteiger partial charge on any atom is -0.497 e. The van der Waals surface area contributed by atoms with Gasteiger partial charge in [-0.3, -0.25) is 14.4 Å². The van der Waals surface area contributed by atoms with E-state index in [1.807, 2.05) is 30.3 Å². The normalized spacial score (nSPS) is 10.4. The number of hydrogen-bond acceptors (Lipinski definition) is 6. The van der Waals surface area contributed by atoms with Gasteiger partial charge in [-0.15, -0.1) is 0 Å². The summed E-state index contributed by atoms with van der Waals surface area (Å²) in [7, 11) is 1.54. The number of hydrogen-bond donors (Lipinski definition) is 3. The van der Waals surface area contributed by atoms with Crippen LogP contribution in [0.15, 0.2) is 84.0 Å². The summed E-state index contributed by atoms with van der Waals surface area (Å²) < 4.78 is 10.5. The van der Waals surface area contributed by atoms with Crippen LogP contribution < -0.4 is 25.5 Å². The molecule has 0 aliphatic rings. The van der Waals surface area contributed by atoms with E-state index >= 15 is 0 Å². The van der Waals surface area contributed by atoms with E-state index in [1.165, 1.54) is 13.3 Å². The topological polar surface area (TPSA) is 118 Å². The van der Waals surface area contributed by atoms with Gasteiger partial charge in [0.2, 0.25) is 0 Å². The molecule has 3 amide bonds. The highest BCUT2D eigenvalue weighted by Crippen LogP contribution is 2.15. The number of ether oxygens (including phenoxy) is 2.